The van der Waals surface area contributed by atoms with Gasteiger partial charge in [0.05, 0.1) is 7.95 Å². The second-order valence-electron chi connectivity index (χ2n) is 5.42. The third-order valence-electron chi connectivity index (χ3n) is 2.80. The van der Waals surface area contributed by atoms with Crippen LogP contribution in [0.5, 0.6) is 0 Å². The molecule has 0 aromatic carbocycles. The van der Waals surface area contributed by atoms with E-state index in [0.717, 1.165) is 6.08 Å². The highest BCUT2D eigenvalue weighted by Gasteiger charge is 2.51. The summed E-state index contributed by atoms with van der Waals surface area (Å²) in [4.78, 5) is 28.0. The van der Waals surface area contributed by atoms with Crippen LogP contribution in [0.1, 0.15) is 28.1 Å². The van der Waals surface area contributed by atoms with Crippen molar-refractivity contribution in [3.63, 3.8) is 0 Å². The zero-order valence-corrected chi connectivity index (χ0v) is 16.9. The summed E-state index contributed by atoms with van der Waals surface area (Å²) in [6, 6.07) is 0. The van der Waals surface area contributed by atoms with Crippen molar-refractivity contribution in [1.29, 1.82) is 5.39 Å². The highest BCUT2D eigenvalue weighted by atomic mass is 31.3. The fourth-order valence-corrected chi connectivity index (χ4v) is 2.98. The van der Waals surface area contributed by atoms with E-state index in [4.69, 9.17) is 21.4 Å². The standard InChI is InChI=1S/C13H19F3N2O9P2/c1-9(6-7-26-29(23,24)27-28(20,21)22)4-3-5-10(2)8-25-12(19)11(18-17)13(14,15)16/h5-6H,3-4,7-8H2,1-2H3,(H3-,19,20,21,22,23,24)/p+1/b9-6+,10-5+,12-11-/i7T. The van der Waals surface area contributed by atoms with E-state index in [1.165, 1.54) is 19.9 Å². The summed E-state index contributed by atoms with van der Waals surface area (Å²) in [6.07, 6.45) is -1.95. The van der Waals surface area contributed by atoms with Gasteiger partial charge in [-0.3, -0.25) is 4.52 Å². The summed E-state index contributed by atoms with van der Waals surface area (Å²) in [5.41, 5.74) is -1.11. The molecule has 0 fully saturated rings. The molecule has 2 unspecified atom stereocenters. The molecule has 11 nitrogen and oxygen atoms in total. The van der Waals surface area contributed by atoms with E-state index in [1.54, 1.807) is 0 Å². The van der Waals surface area contributed by atoms with E-state index in [1.807, 2.05) is 4.98 Å². The number of diazo groups is 1. The van der Waals surface area contributed by atoms with Crippen LogP contribution >= 0.6 is 15.6 Å². The first-order valence-electron chi connectivity index (χ1n) is 8.06. The molecule has 0 spiro atoms. The van der Waals surface area contributed by atoms with Gasteiger partial charge in [0.25, 0.3) is 0 Å². The molecule has 0 saturated heterocycles. The van der Waals surface area contributed by atoms with Gasteiger partial charge in [0.1, 0.15) is 6.61 Å². The zero-order chi connectivity index (χ0) is 23.8. The second-order valence-corrected chi connectivity index (χ2v) is 8.21. The van der Waals surface area contributed by atoms with E-state index in [0.29, 0.717) is 17.6 Å². The molecular weight excluding hydrogens is 447 g/mol. The molecule has 0 radical (unpaired) electrons. The number of ether oxygens (including phenoxy) is 1. The van der Waals surface area contributed by atoms with Crippen LogP contribution in [0.2, 0.25) is 0 Å². The summed E-state index contributed by atoms with van der Waals surface area (Å²) >= 11 is 0. The van der Waals surface area contributed by atoms with Crippen LogP contribution < -0.4 is 0 Å². The second kappa shape index (κ2) is 11.5. The van der Waals surface area contributed by atoms with E-state index in [-0.39, 0.29) is 6.42 Å². The number of rotatable bonds is 11. The molecule has 0 saturated carbocycles. The SMILES string of the molecule is [3H]C(/C=C(\C)CC/C=C(\C)CO/C(O)=C(\[N+]#N)C(F)(F)F)OP(=O)(O)OP(=O)(O)O. The quantitative estimate of drug-likeness (QED) is 0.150. The maximum Gasteiger partial charge on any atom is 0.543 e. The Bertz CT molecular complexity index is 833. The van der Waals surface area contributed by atoms with Crippen molar-refractivity contribution in [2.24, 2.45) is 0 Å². The topological polar surface area (TPSA) is 171 Å². The Labute approximate surface area is 165 Å². The van der Waals surface area contributed by atoms with Gasteiger partial charge in [-0.2, -0.15) is 17.5 Å². The van der Waals surface area contributed by atoms with E-state index in [2.05, 4.69) is 13.6 Å². The van der Waals surface area contributed by atoms with Crippen molar-refractivity contribution >= 4 is 15.6 Å². The molecule has 0 amide bonds. The molecule has 4 N–H and O–H groups in total. The number of hydrogen-bond donors (Lipinski definition) is 4. The molecule has 0 aliphatic heterocycles. The number of phosphoric acid groups is 2. The summed E-state index contributed by atoms with van der Waals surface area (Å²) in [5, 5.41) is 17.5. The van der Waals surface area contributed by atoms with Crippen LogP contribution in [0, 0.1) is 5.39 Å². The molecular formula is C13H20F3N2O9P2+. The molecule has 166 valence electrons. The molecule has 29 heavy (non-hydrogen) atoms. The highest BCUT2D eigenvalue weighted by Crippen LogP contribution is 2.57. The molecule has 0 rings (SSSR count). The van der Waals surface area contributed by atoms with Gasteiger partial charge >= 0.3 is 33.5 Å². The van der Waals surface area contributed by atoms with Gasteiger partial charge < -0.3 is 24.5 Å². The maximum atomic E-state index is 12.4. The maximum absolute atomic E-state index is 12.4. The van der Waals surface area contributed by atoms with E-state index >= 15 is 0 Å². The fourth-order valence-electron chi connectivity index (χ4n) is 1.54. The van der Waals surface area contributed by atoms with Crippen LogP contribution in [0.4, 0.5) is 13.2 Å². The van der Waals surface area contributed by atoms with Crippen LogP contribution in [-0.2, 0) is 22.7 Å². The Hall–Kier alpha value is -1.71. The normalized spacial score (nSPS) is 18.2. The number of aliphatic hydroxyl groups excluding tert-OH is 1. The van der Waals surface area contributed by atoms with Crippen LogP contribution in [0.15, 0.2) is 34.9 Å². The van der Waals surface area contributed by atoms with Crippen molar-refractivity contribution in [1.82, 2.24) is 0 Å². The average Bonchev–Trinajstić information content (AvgIpc) is 2.48. The molecule has 0 aliphatic carbocycles. The minimum atomic E-state index is -5.30. The van der Waals surface area contributed by atoms with Gasteiger partial charge in [-0.1, -0.05) is 17.7 Å². The largest absolute Gasteiger partial charge is 0.543 e. The molecule has 2 atom stereocenters. The zero-order valence-electron chi connectivity index (χ0n) is 16.1. The van der Waals surface area contributed by atoms with Crippen molar-refractivity contribution in [3.8, 4) is 0 Å². The number of allylic oxidation sites excluding steroid dienone is 3. The van der Waals surface area contributed by atoms with Gasteiger partial charge in [0.2, 0.25) is 5.39 Å². The van der Waals surface area contributed by atoms with Crippen molar-refractivity contribution in [3.05, 3.63) is 39.9 Å². The number of phosphoric ester groups is 1. The van der Waals surface area contributed by atoms with Gasteiger partial charge in [-0.25, -0.2) is 9.13 Å². The lowest BCUT2D eigenvalue weighted by atomic mass is 10.1. The van der Waals surface area contributed by atoms with E-state index < -0.39 is 46.7 Å². The first-order chi connectivity index (χ1) is 13.5. The smallest absolute Gasteiger partial charge is 0.475 e. The third-order valence-corrected chi connectivity index (χ3v) is 4.86. The number of aliphatic hydroxyl groups is 1. The van der Waals surface area contributed by atoms with E-state index in [9.17, 15) is 27.4 Å². The monoisotopic (exact) mass is 469 g/mol. The molecule has 0 bridgehead atoms. The van der Waals surface area contributed by atoms with Crippen molar-refractivity contribution in [2.75, 3.05) is 13.2 Å². The lowest BCUT2D eigenvalue weighted by Crippen LogP contribution is -2.13. The average molecular weight is 469 g/mol. The lowest BCUT2D eigenvalue weighted by Gasteiger charge is -2.11. The summed E-state index contributed by atoms with van der Waals surface area (Å²) in [5.74, 6) is -1.60. The Morgan fingerprint density at radius 2 is 1.79 bits per heavy atom. The van der Waals surface area contributed by atoms with Crippen molar-refractivity contribution < 1.29 is 57.0 Å². The predicted octanol–water partition coefficient (Wildman–Crippen LogP) is 4.04. The lowest BCUT2D eigenvalue weighted by molar-refractivity contribution is -0.0968. The number of nitrogens with zero attached hydrogens (tertiary/aromatic N) is 2. The number of alkyl halides is 3. The molecule has 16 heteroatoms. The number of halogens is 3. The molecule has 0 aromatic heterocycles. The Balaban J connectivity index is 4.70. The van der Waals surface area contributed by atoms with Gasteiger partial charge in [0, 0.05) is 0 Å². The fraction of sp³-hybridized carbons (Fsp3) is 0.538. The third kappa shape index (κ3) is 13.2. The summed E-state index contributed by atoms with van der Waals surface area (Å²) in [6.45, 7) is 0.782. The van der Waals surface area contributed by atoms with Gasteiger partial charge in [0.15, 0.2) is 4.98 Å². The predicted molar refractivity (Wildman–Crippen MR) is 92.4 cm³/mol. The van der Waals surface area contributed by atoms with Gasteiger partial charge in [-0.15, -0.1) is 0 Å². The summed E-state index contributed by atoms with van der Waals surface area (Å²) in [7, 11) is -10.5. The van der Waals surface area contributed by atoms with Crippen LogP contribution in [0.25, 0.3) is 4.98 Å². The Morgan fingerprint density at radius 1 is 1.21 bits per heavy atom. The molecule has 0 aliphatic rings. The molecule has 0 aromatic rings. The van der Waals surface area contributed by atoms with Gasteiger partial charge in [-0.05, 0) is 32.3 Å². The first-order valence-corrected chi connectivity index (χ1v) is 10.5. The Kier molecular flexibility index (Phi) is 10.0. The summed E-state index contributed by atoms with van der Waals surface area (Å²) < 4.78 is 78.8. The number of hydrogen-bond acceptors (Lipinski definition) is 7. The van der Waals surface area contributed by atoms with Crippen LogP contribution in [-0.4, -0.2) is 39.2 Å². The first kappa shape index (κ1) is 25.3. The Morgan fingerprint density at radius 3 is 2.28 bits per heavy atom. The minimum absolute atomic E-state index is 0.271. The van der Waals surface area contributed by atoms with Crippen LogP contribution in [0.3, 0.4) is 0 Å². The molecule has 0 heterocycles. The van der Waals surface area contributed by atoms with Crippen molar-refractivity contribution in [2.45, 2.75) is 32.9 Å². The minimum Gasteiger partial charge on any atom is -0.475 e. The highest BCUT2D eigenvalue weighted by molar-refractivity contribution is 7.60.